The molecule has 2 heteroatoms. The van der Waals surface area contributed by atoms with E-state index in [9.17, 15) is 5.11 Å². The summed E-state index contributed by atoms with van der Waals surface area (Å²) in [7, 11) is 0. The van der Waals surface area contributed by atoms with Gasteiger partial charge in [-0.15, -0.1) is 0 Å². The van der Waals surface area contributed by atoms with Gasteiger partial charge in [0.15, 0.2) is 0 Å². The molecule has 0 aromatic heterocycles. The molecule has 0 saturated heterocycles. The Balaban J connectivity index is 1.67. The lowest BCUT2D eigenvalue weighted by Gasteiger charge is -2.33. The van der Waals surface area contributed by atoms with Crippen LogP contribution in [0.15, 0.2) is 30.3 Å². The highest BCUT2D eigenvalue weighted by atomic mass is 16.5. The molecular formula is C18H28O2. The number of aliphatic hydroxyl groups excluding tert-OH is 1. The second-order valence-electron chi connectivity index (χ2n) is 6.10. The summed E-state index contributed by atoms with van der Waals surface area (Å²) < 4.78 is 5.73. The smallest absolute Gasteiger partial charge is 0.119 e. The topological polar surface area (TPSA) is 29.5 Å². The second-order valence-corrected chi connectivity index (χ2v) is 6.10. The standard InChI is InChI=1S/C18H28O2/c1-2-7-15-11-12-18(19)16(14-15)8-6-13-20-17-9-4-3-5-10-17/h3-5,9-10,15-16,18-19H,2,6-8,11-14H2,1H3. The lowest BCUT2D eigenvalue weighted by atomic mass is 9.76. The fourth-order valence-corrected chi connectivity index (χ4v) is 3.38. The highest BCUT2D eigenvalue weighted by Gasteiger charge is 2.28. The van der Waals surface area contributed by atoms with Crippen LogP contribution in [0.5, 0.6) is 5.75 Å². The Bertz CT molecular complexity index is 363. The Hall–Kier alpha value is -1.02. The summed E-state index contributed by atoms with van der Waals surface area (Å²) in [6.07, 6.45) is 8.05. The van der Waals surface area contributed by atoms with Crippen molar-refractivity contribution in [1.82, 2.24) is 0 Å². The third kappa shape index (κ3) is 4.82. The molecule has 2 nitrogen and oxygen atoms in total. The van der Waals surface area contributed by atoms with Crippen molar-refractivity contribution >= 4 is 0 Å². The van der Waals surface area contributed by atoms with Gasteiger partial charge in [0.2, 0.25) is 0 Å². The predicted octanol–water partition coefficient (Wildman–Crippen LogP) is 4.42. The highest BCUT2D eigenvalue weighted by molar-refractivity contribution is 5.20. The maximum absolute atomic E-state index is 10.1. The van der Waals surface area contributed by atoms with E-state index >= 15 is 0 Å². The minimum absolute atomic E-state index is 0.0835. The number of para-hydroxylation sites is 1. The molecule has 3 unspecified atom stereocenters. The van der Waals surface area contributed by atoms with Gasteiger partial charge in [-0.05, 0) is 56.1 Å². The summed E-state index contributed by atoms with van der Waals surface area (Å²) >= 11 is 0. The zero-order valence-corrected chi connectivity index (χ0v) is 12.6. The summed E-state index contributed by atoms with van der Waals surface area (Å²) in [6.45, 7) is 3.01. The maximum Gasteiger partial charge on any atom is 0.119 e. The van der Waals surface area contributed by atoms with E-state index in [4.69, 9.17) is 4.74 Å². The molecule has 1 aromatic carbocycles. The first-order chi connectivity index (χ1) is 9.79. The number of hydrogen-bond donors (Lipinski definition) is 1. The third-order valence-corrected chi connectivity index (χ3v) is 4.48. The Kier molecular flexibility index (Phi) is 6.38. The molecule has 1 aliphatic rings. The van der Waals surface area contributed by atoms with Gasteiger partial charge in [-0.2, -0.15) is 0 Å². The van der Waals surface area contributed by atoms with Crippen LogP contribution in [0.4, 0.5) is 0 Å². The third-order valence-electron chi connectivity index (χ3n) is 4.48. The van der Waals surface area contributed by atoms with Gasteiger partial charge in [0, 0.05) is 0 Å². The molecule has 0 spiro atoms. The van der Waals surface area contributed by atoms with E-state index in [1.54, 1.807) is 0 Å². The Morgan fingerprint density at radius 1 is 1.15 bits per heavy atom. The summed E-state index contributed by atoms with van der Waals surface area (Å²) in [6, 6.07) is 9.98. The lowest BCUT2D eigenvalue weighted by Crippen LogP contribution is -2.29. The summed E-state index contributed by atoms with van der Waals surface area (Å²) in [5.74, 6) is 2.27. The minimum Gasteiger partial charge on any atom is -0.494 e. The maximum atomic E-state index is 10.1. The highest BCUT2D eigenvalue weighted by Crippen LogP contribution is 2.34. The van der Waals surface area contributed by atoms with E-state index in [-0.39, 0.29) is 6.10 Å². The second kappa shape index (κ2) is 8.31. The monoisotopic (exact) mass is 276 g/mol. The van der Waals surface area contributed by atoms with Crippen molar-refractivity contribution in [2.75, 3.05) is 6.61 Å². The van der Waals surface area contributed by atoms with Crippen molar-refractivity contribution in [3.63, 3.8) is 0 Å². The van der Waals surface area contributed by atoms with Crippen LogP contribution in [0.25, 0.3) is 0 Å². The van der Waals surface area contributed by atoms with Crippen LogP contribution < -0.4 is 4.74 Å². The van der Waals surface area contributed by atoms with Crippen molar-refractivity contribution in [3.05, 3.63) is 30.3 Å². The van der Waals surface area contributed by atoms with Gasteiger partial charge < -0.3 is 9.84 Å². The molecule has 112 valence electrons. The largest absolute Gasteiger partial charge is 0.494 e. The molecule has 3 atom stereocenters. The van der Waals surface area contributed by atoms with Crippen molar-refractivity contribution in [1.29, 1.82) is 0 Å². The van der Waals surface area contributed by atoms with Gasteiger partial charge in [-0.3, -0.25) is 0 Å². The van der Waals surface area contributed by atoms with Crippen LogP contribution in [0, 0.1) is 11.8 Å². The zero-order valence-electron chi connectivity index (χ0n) is 12.6. The minimum atomic E-state index is -0.0835. The first-order valence-electron chi connectivity index (χ1n) is 8.15. The fraction of sp³-hybridized carbons (Fsp3) is 0.667. The first-order valence-corrected chi connectivity index (χ1v) is 8.15. The van der Waals surface area contributed by atoms with E-state index in [1.807, 2.05) is 30.3 Å². The van der Waals surface area contributed by atoms with Gasteiger partial charge in [0.25, 0.3) is 0 Å². The van der Waals surface area contributed by atoms with Crippen LogP contribution in [0.2, 0.25) is 0 Å². The number of benzene rings is 1. The van der Waals surface area contributed by atoms with Crippen molar-refractivity contribution < 1.29 is 9.84 Å². The molecule has 20 heavy (non-hydrogen) atoms. The number of ether oxygens (including phenoxy) is 1. The summed E-state index contributed by atoms with van der Waals surface area (Å²) in [5.41, 5.74) is 0. The quantitative estimate of drug-likeness (QED) is 0.747. The number of aliphatic hydroxyl groups is 1. The number of rotatable bonds is 7. The van der Waals surface area contributed by atoms with Crippen LogP contribution in [0.3, 0.4) is 0 Å². The van der Waals surface area contributed by atoms with Crippen LogP contribution in [-0.4, -0.2) is 17.8 Å². The van der Waals surface area contributed by atoms with E-state index in [1.165, 1.54) is 25.7 Å². The number of hydrogen-bond acceptors (Lipinski definition) is 2. The average molecular weight is 276 g/mol. The van der Waals surface area contributed by atoms with Gasteiger partial charge in [-0.25, -0.2) is 0 Å². The van der Waals surface area contributed by atoms with E-state index in [0.29, 0.717) is 5.92 Å². The lowest BCUT2D eigenvalue weighted by molar-refractivity contribution is 0.0391. The van der Waals surface area contributed by atoms with E-state index in [0.717, 1.165) is 37.5 Å². The van der Waals surface area contributed by atoms with Gasteiger partial charge in [0.05, 0.1) is 12.7 Å². The molecule has 0 aliphatic heterocycles. The molecule has 2 rings (SSSR count). The first kappa shape index (κ1) is 15.4. The Morgan fingerprint density at radius 3 is 2.70 bits per heavy atom. The fourth-order valence-electron chi connectivity index (χ4n) is 3.38. The molecule has 0 bridgehead atoms. The summed E-state index contributed by atoms with van der Waals surface area (Å²) in [4.78, 5) is 0. The Morgan fingerprint density at radius 2 is 1.95 bits per heavy atom. The predicted molar refractivity (Wildman–Crippen MR) is 82.9 cm³/mol. The van der Waals surface area contributed by atoms with Crippen LogP contribution >= 0.6 is 0 Å². The van der Waals surface area contributed by atoms with Gasteiger partial charge in [0.1, 0.15) is 5.75 Å². The van der Waals surface area contributed by atoms with E-state index in [2.05, 4.69) is 6.92 Å². The van der Waals surface area contributed by atoms with Crippen molar-refractivity contribution in [2.45, 2.75) is 58.0 Å². The Labute approximate surface area is 123 Å². The molecule has 1 aromatic rings. The molecule has 0 heterocycles. The van der Waals surface area contributed by atoms with Crippen LogP contribution in [-0.2, 0) is 0 Å². The molecule has 0 amide bonds. The van der Waals surface area contributed by atoms with Crippen molar-refractivity contribution in [3.8, 4) is 5.75 Å². The van der Waals surface area contributed by atoms with Crippen molar-refractivity contribution in [2.24, 2.45) is 11.8 Å². The zero-order chi connectivity index (χ0) is 14.2. The van der Waals surface area contributed by atoms with E-state index < -0.39 is 0 Å². The van der Waals surface area contributed by atoms with Gasteiger partial charge in [-0.1, -0.05) is 38.0 Å². The molecule has 1 aliphatic carbocycles. The molecule has 1 N–H and O–H groups in total. The SMILES string of the molecule is CCCC1CCC(O)C(CCCOc2ccccc2)C1. The normalized spacial score (nSPS) is 26.4. The van der Waals surface area contributed by atoms with Crippen LogP contribution in [0.1, 0.15) is 51.9 Å². The molecule has 1 saturated carbocycles. The summed E-state index contributed by atoms with van der Waals surface area (Å²) in [5, 5.41) is 10.1. The molecule has 1 fully saturated rings. The molecule has 0 radical (unpaired) electrons. The molecular weight excluding hydrogens is 248 g/mol. The average Bonchev–Trinajstić information content (AvgIpc) is 2.48. The van der Waals surface area contributed by atoms with Gasteiger partial charge >= 0.3 is 0 Å².